The summed E-state index contributed by atoms with van der Waals surface area (Å²) < 4.78 is 13.8. The number of urea groups is 1. The lowest BCUT2D eigenvalue weighted by Gasteiger charge is -2.36. The lowest BCUT2D eigenvalue weighted by atomic mass is 10.1. The molecular formula is C30H34FN5O3. The highest BCUT2D eigenvalue weighted by molar-refractivity contribution is 5.95. The summed E-state index contributed by atoms with van der Waals surface area (Å²) in [6, 6.07) is 22.9. The molecule has 3 aromatic rings. The van der Waals surface area contributed by atoms with Gasteiger partial charge in [0.25, 0.3) is 0 Å². The van der Waals surface area contributed by atoms with Crippen LogP contribution >= 0.6 is 0 Å². The maximum Gasteiger partial charge on any atom is 0.322 e. The van der Waals surface area contributed by atoms with Gasteiger partial charge in [0.1, 0.15) is 12.4 Å². The van der Waals surface area contributed by atoms with Crippen LogP contribution in [-0.4, -0.2) is 60.4 Å². The van der Waals surface area contributed by atoms with Crippen LogP contribution in [0.4, 0.5) is 26.2 Å². The Hall–Kier alpha value is -4.40. The van der Waals surface area contributed by atoms with Gasteiger partial charge in [-0.1, -0.05) is 56.3 Å². The first-order chi connectivity index (χ1) is 18.8. The van der Waals surface area contributed by atoms with Crippen LogP contribution in [0.3, 0.4) is 0 Å². The lowest BCUT2D eigenvalue weighted by molar-refractivity contribution is -0.138. The first kappa shape index (κ1) is 27.6. The molecule has 1 fully saturated rings. The molecule has 204 valence electrons. The minimum absolute atomic E-state index is 0.0371. The van der Waals surface area contributed by atoms with E-state index in [1.165, 1.54) is 12.1 Å². The molecule has 2 N–H and O–H groups in total. The van der Waals surface area contributed by atoms with Crippen molar-refractivity contribution in [2.24, 2.45) is 5.92 Å². The van der Waals surface area contributed by atoms with Crippen molar-refractivity contribution in [1.29, 1.82) is 0 Å². The van der Waals surface area contributed by atoms with Gasteiger partial charge < -0.3 is 25.3 Å². The van der Waals surface area contributed by atoms with Crippen LogP contribution in [-0.2, 0) is 16.1 Å². The Morgan fingerprint density at radius 3 is 2.13 bits per heavy atom. The Kier molecular flexibility index (Phi) is 9.14. The highest BCUT2D eigenvalue weighted by Crippen LogP contribution is 2.21. The first-order valence-electron chi connectivity index (χ1n) is 13.1. The average molecular weight is 532 g/mol. The first-order valence-corrected chi connectivity index (χ1v) is 13.1. The summed E-state index contributed by atoms with van der Waals surface area (Å²) in [5.74, 6) is -1.02. The smallest absolute Gasteiger partial charge is 0.322 e. The quantitative estimate of drug-likeness (QED) is 0.437. The summed E-state index contributed by atoms with van der Waals surface area (Å²) in [6.07, 6.45) is 0. The molecule has 1 aliphatic heterocycles. The molecule has 1 aliphatic rings. The third kappa shape index (κ3) is 7.56. The van der Waals surface area contributed by atoms with Gasteiger partial charge in [0.2, 0.25) is 11.8 Å². The van der Waals surface area contributed by atoms with E-state index in [2.05, 4.69) is 15.5 Å². The number of nitrogens with one attached hydrogen (secondary N) is 2. The summed E-state index contributed by atoms with van der Waals surface area (Å²) in [4.78, 5) is 43.4. The van der Waals surface area contributed by atoms with Gasteiger partial charge in [-0.2, -0.15) is 0 Å². The molecule has 1 heterocycles. The van der Waals surface area contributed by atoms with Crippen molar-refractivity contribution in [3.05, 3.63) is 90.2 Å². The van der Waals surface area contributed by atoms with Gasteiger partial charge in [0.15, 0.2) is 0 Å². The molecule has 9 heteroatoms. The minimum Gasteiger partial charge on any atom is -0.368 e. The van der Waals surface area contributed by atoms with E-state index in [-0.39, 0.29) is 36.0 Å². The van der Waals surface area contributed by atoms with E-state index in [1.54, 1.807) is 21.9 Å². The SMILES string of the molecule is CC(C)C(=O)N(CC(=O)Nc1ccc(N2CCN(C(=O)Nc3ccccc3F)CC2)cc1)Cc1ccccc1. The van der Waals surface area contributed by atoms with E-state index in [0.717, 1.165) is 11.3 Å². The second kappa shape index (κ2) is 12.9. The van der Waals surface area contributed by atoms with Crippen LogP contribution in [0, 0.1) is 11.7 Å². The van der Waals surface area contributed by atoms with Gasteiger partial charge in [-0.3, -0.25) is 9.59 Å². The number of nitrogens with zero attached hydrogens (tertiary/aromatic N) is 3. The van der Waals surface area contributed by atoms with Crippen LogP contribution in [0.25, 0.3) is 0 Å². The molecule has 4 amide bonds. The second-order valence-electron chi connectivity index (χ2n) is 9.81. The second-order valence-corrected chi connectivity index (χ2v) is 9.81. The molecule has 0 aromatic heterocycles. The average Bonchev–Trinajstić information content (AvgIpc) is 2.94. The van der Waals surface area contributed by atoms with Gasteiger partial charge in [0.05, 0.1) is 5.69 Å². The van der Waals surface area contributed by atoms with Gasteiger partial charge in [-0.25, -0.2) is 9.18 Å². The number of para-hydroxylation sites is 1. The number of hydrogen-bond acceptors (Lipinski definition) is 4. The Morgan fingerprint density at radius 2 is 1.49 bits per heavy atom. The molecule has 4 rings (SSSR count). The molecule has 1 saturated heterocycles. The predicted octanol–water partition coefficient (Wildman–Crippen LogP) is 4.80. The maximum atomic E-state index is 13.8. The maximum absolute atomic E-state index is 13.8. The zero-order valence-electron chi connectivity index (χ0n) is 22.3. The number of anilines is 3. The summed E-state index contributed by atoms with van der Waals surface area (Å²) in [6.45, 7) is 6.24. The Morgan fingerprint density at radius 1 is 0.846 bits per heavy atom. The number of carbonyl (C=O) groups is 3. The third-order valence-corrected chi connectivity index (χ3v) is 6.55. The zero-order valence-corrected chi connectivity index (χ0v) is 22.3. The van der Waals surface area contributed by atoms with Gasteiger partial charge in [0, 0.05) is 50.0 Å². The van der Waals surface area contributed by atoms with Crippen LogP contribution in [0.15, 0.2) is 78.9 Å². The monoisotopic (exact) mass is 531 g/mol. The molecule has 39 heavy (non-hydrogen) atoms. The van der Waals surface area contributed by atoms with Crippen molar-refractivity contribution in [2.45, 2.75) is 20.4 Å². The van der Waals surface area contributed by atoms with E-state index in [1.807, 2.05) is 68.4 Å². The normalized spacial score (nSPS) is 13.2. The number of rotatable bonds is 8. The minimum atomic E-state index is -0.466. The third-order valence-electron chi connectivity index (χ3n) is 6.55. The van der Waals surface area contributed by atoms with Crippen LogP contribution in [0.5, 0.6) is 0 Å². The molecule has 0 aliphatic carbocycles. The number of halogens is 1. The summed E-state index contributed by atoms with van der Waals surface area (Å²) in [5.41, 5.74) is 2.75. The van der Waals surface area contributed by atoms with E-state index in [4.69, 9.17) is 0 Å². The number of hydrogen-bond donors (Lipinski definition) is 2. The topological polar surface area (TPSA) is 85.0 Å². The van der Waals surface area contributed by atoms with Crippen molar-refractivity contribution >= 4 is 34.9 Å². The summed E-state index contributed by atoms with van der Waals surface area (Å²) in [7, 11) is 0. The molecule has 0 unspecified atom stereocenters. The largest absolute Gasteiger partial charge is 0.368 e. The molecule has 0 atom stereocenters. The van der Waals surface area contributed by atoms with E-state index >= 15 is 0 Å². The molecular weight excluding hydrogens is 497 g/mol. The fourth-order valence-electron chi connectivity index (χ4n) is 4.43. The number of benzene rings is 3. The van der Waals surface area contributed by atoms with E-state index in [9.17, 15) is 18.8 Å². The Balaban J connectivity index is 1.28. The predicted molar refractivity (Wildman–Crippen MR) is 151 cm³/mol. The van der Waals surface area contributed by atoms with Crippen molar-refractivity contribution in [2.75, 3.05) is 48.3 Å². The number of piperazine rings is 1. The van der Waals surface area contributed by atoms with Crippen molar-refractivity contribution in [3.8, 4) is 0 Å². The zero-order chi connectivity index (χ0) is 27.8. The number of carbonyl (C=O) groups excluding carboxylic acids is 3. The molecule has 0 radical (unpaired) electrons. The van der Waals surface area contributed by atoms with Gasteiger partial charge in [-0.15, -0.1) is 0 Å². The van der Waals surface area contributed by atoms with E-state index in [0.29, 0.717) is 38.4 Å². The van der Waals surface area contributed by atoms with E-state index < -0.39 is 5.82 Å². The molecule has 3 aromatic carbocycles. The molecule has 0 bridgehead atoms. The van der Waals surface area contributed by atoms with Crippen molar-refractivity contribution in [1.82, 2.24) is 9.80 Å². The Labute approximate surface area is 228 Å². The van der Waals surface area contributed by atoms with Crippen molar-refractivity contribution < 1.29 is 18.8 Å². The highest BCUT2D eigenvalue weighted by atomic mass is 19.1. The Bertz CT molecular complexity index is 1280. The van der Waals surface area contributed by atoms with Crippen LogP contribution in [0.1, 0.15) is 19.4 Å². The fraction of sp³-hybridized carbons (Fsp3) is 0.300. The van der Waals surface area contributed by atoms with Crippen molar-refractivity contribution in [3.63, 3.8) is 0 Å². The summed E-state index contributed by atoms with van der Waals surface area (Å²) in [5, 5.41) is 5.52. The number of amides is 4. The summed E-state index contributed by atoms with van der Waals surface area (Å²) >= 11 is 0. The highest BCUT2D eigenvalue weighted by Gasteiger charge is 2.23. The standard InChI is InChI=1S/C30H34FN5O3/c1-22(2)29(38)36(20-23-8-4-3-5-9-23)21-28(37)32-24-12-14-25(15-13-24)34-16-18-35(19-17-34)30(39)33-27-11-7-6-10-26(27)31/h3-15,22H,16-21H2,1-2H3,(H,32,37)(H,33,39). The van der Waals surface area contributed by atoms with Crippen LogP contribution < -0.4 is 15.5 Å². The lowest BCUT2D eigenvalue weighted by Crippen LogP contribution is -2.50. The molecule has 0 saturated carbocycles. The fourth-order valence-corrected chi connectivity index (χ4v) is 4.43. The van der Waals surface area contributed by atoms with Gasteiger partial charge >= 0.3 is 6.03 Å². The van der Waals surface area contributed by atoms with Gasteiger partial charge in [-0.05, 0) is 42.0 Å². The molecule has 0 spiro atoms. The van der Waals surface area contributed by atoms with Crippen LogP contribution in [0.2, 0.25) is 0 Å². The molecule has 8 nitrogen and oxygen atoms in total.